The van der Waals surface area contributed by atoms with Crippen LogP contribution in [0, 0.1) is 19.8 Å². The Bertz CT molecular complexity index is 1360. The molecule has 2 heterocycles. The molecule has 0 aliphatic carbocycles. The lowest BCUT2D eigenvalue weighted by atomic mass is 9.95. The molecular formula is C29H30N4O2S. The van der Waals surface area contributed by atoms with Crippen molar-refractivity contribution in [3.05, 3.63) is 89.5 Å². The van der Waals surface area contributed by atoms with Crippen molar-refractivity contribution in [2.75, 3.05) is 23.3 Å². The molecule has 0 radical (unpaired) electrons. The first kappa shape index (κ1) is 24.0. The molecule has 0 bridgehead atoms. The van der Waals surface area contributed by atoms with E-state index in [1.807, 2.05) is 65.6 Å². The summed E-state index contributed by atoms with van der Waals surface area (Å²) in [6, 6.07) is 23.6. The van der Waals surface area contributed by atoms with Gasteiger partial charge < -0.3 is 10.2 Å². The summed E-state index contributed by atoms with van der Waals surface area (Å²) < 4.78 is 1.12. The zero-order valence-electron chi connectivity index (χ0n) is 20.6. The quantitative estimate of drug-likeness (QED) is 0.347. The van der Waals surface area contributed by atoms with E-state index in [1.165, 1.54) is 11.1 Å². The van der Waals surface area contributed by atoms with Gasteiger partial charge >= 0.3 is 6.03 Å². The Labute approximate surface area is 215 Å². The number of nitrogens with zero attached hydrogens (tertiary/aromatic N) is 3. The number of urea groups is 1. The summed E-state index contributed by atoms with van der Waals surface area (Å²) in [7, 11) is 0. The van der Waals surface area contributed by atoms with Crippen LogP contribution < -0.4 is 10.2 Å². The Kier molecular flexibility index (Phi) is 7.00. The van der Waals surface area contributed by atoms with Gasteiger partial charge in [-0.15, -0.1) is 0 Å². The van der Waals surface area contributed by atoms with Crippen LogP contribution >= 0.6 is 11.3 Å². The van der Waals surface area contributed by atoms with E-state index in [-0.39, 0.29) is 17.9 Å². The van der Waals surface area contributed by atoms with Crippen molar-refractivity contribution in [2.24, 2.45) is 5.92 Å². The summed E-state index contributed by atoms with van der Waals surface area (Å²) in [4.78, 5) is 35.1. The topological polar surface area (TPSA) is 65.5 Å². The van der Waals surface area contributed by atoms with Crippen LogP contribution in [-0.2, 0) is 11.3 Å². The van der Waals surface area contributed by atoms with Gasteiger partial charge in [-0.25, -0.2) is 9.78 Å². The van der Waals surface area contributed by atoms with Gasteiger partial charge in [-0.05, 0) is 61.6 Å². The van der Waals surface area contributed by atoms with Gasteiger partial charge in [0.25, 0.3) is 0 Å². The fourth-order valence-corrected chi connectivity index (χ4v) is 5.78. The molecule has 4 aromatic rings. The number of amides is 3. The number of para-hydroxylation sites is 1. The average molecular weight is 499 g/mol. The monoisotopic (exact) mass is 498 g/mol. The Morgan fingerprint density at radius 1 is 1.00 bits per heavy atom. The van der Waals surface area contributed by atoms with Crippen LogP contribution in [0.3, 0.4) is 0 Å². The molecule has 3 aromatic carbocycles. The number of likely N-dealkylation sites (tertiary alicyclic amines) is 1. The maximum absolute atomic E-state index is 13.9. The van der Waals surface area contributed by atoms with Crippen LogP contribution in [0.4, 0.5) is 15.6 Å². The van der Waals surface area contributed by atoms with E-state index < -0.39 is 0 Å². The number of anilines is 2. The molecule has 0 saturated carbocycles. The molecule has 1 fully saturated rings. The summed E-state index contributed by atoms with van der Waals surface area (Å²) in [6.07, 6.45) is 1.27. The highest BCUT2D eigenvalue weighted by molar-refractivity contribution is 7.22. The maximum Gasteiger partial charge on any atom is 0.321 e. The second-order valence-electron chi connectivity index (χ2n) is 9.39. The van der Waals surface area contributed by atoms with E-state index in [1.54, 1.807) is 16.2 Å². The lowest BCUT2D eigenvalue weighted by molar-refractivity contribution is -0.123. The minimum Gasteiger partial charge on any atom is -0.324 e. The van der Waals surface area contributed by atoms with Gasteiger partial charge in [0.2, 0.25) is 5.91 Å². The van der Waals surface area contributed by atoms with E-state index in [2.05, 4.69) is 31.3 Å². The third kappa shape index (κ3) is 5.26. The van der Waals surface area contributed by atoms with Crippen molar-refractivity contribution in [1.82, 2.24) is 9.88 Å². The van der Waals surface area contributed by atoms with E-state index in [9.17, 15) is 9.59 Å². The van der Waals surface area contributed by atoms with E-state index in [0.29, 0.717) is 32.5 Å². The highest BCUT2D eigenvalue weighted by Crippen LogP contribution is 2.34. The van der Waals surface area contributed by atoms with Crippen molar-refractivity contribution in [1.29, 1.82) is 0 Å². The van der Waals surface area contributed by atoms with Crippen molar-refractivity contribution >= 4 is 44.3 Å². The molecule has 5 rings (SSSR count). The number of carbonyl (C=O) groups is 2. The van der Waals surface area contributed by atoms with Crippen molar-refractivity contribution in [3.63, 3.8) is 0 Å². The molecule has 3 amide bonds. The summed E-state index contributed by atoms with van der Waals surface area (Å²) in [6.45, 7) is 5.74. The lowest BCUT2D eigenvalue weighted by Crippen LogP contribution is -2.45. The number of thiazole rings is 1. The Balaban J connectivity index is 1.33. The molecule has 1 aliphatic heterocycles. The standard InChI is InChI=1S/C29H30N4O2S/c1-20-17-21(2)26-25(18-20)31-29(36-26)33(19-22-9-5-3-6-10-22)27(34)23-13-15-32(16-14-23)28(35)30-24-11-7-4-8-12-24/h3-12,17-18,23H,13-16,19H2,1-2H3,(H,30,35). The van der Waals surface area contributed by atoms with Gasteiger partial charge in [-0.3, -0.25) is 9.69 Å². The molecular weight excluding hydrogens is 468 g/mol. The molecule has 1 saturated heterocycles. The first-order chi connectivity index (χ1) is 17.5. The smallest absolute Gasteiger partial charge is 0.321 e. The van der Waals surface area contributed by atoms with Crippen LogP contribution in [0.15, 0.2) is 72.8 Å². The van der Waals surface area contributed by atoms with Gasteiger partial charge in [0.05, 0.1) is 16.8 Å². The van der Waals surface area contributed by atoms with Gasteiger partial charge in [-0.2, -0.15) is 0 Å². The van der Waals surface area contributed by atoms with Crippen LogP contribution in [0.5, 0.6) is 0 Å². The molecule has 184 valence electrons. The molecule has 1 aliphatic rings. The van der Waals surface area contributed by atoms with Gasteiger partial charge in [-0.1, -0.05) is 65.9 Å². The zero-order valence-corrected chi connectivity index (χ0v) is 21.4. The average Bonchev–Trinajstić information content (AvgIpc) is 3.32. The highest BCUT2D eigenvalue weighted by Gasteiger charge is 2.32. The molecule has 6 nitrogen and oxygen atoms in total. The van der Waals surface area contributed by atoms with Crippen molar-refractivity contribution in [2.45, 2.75) is 33.2 Å². The number of fused-ring (bicyclic) bond motifs is 1. The minimum atomic E-state index is -0.149. The Morgan fingerprint density at radius 3 is 2.36 bits per heavy atom. The van der Waals surface area contributed by atoms with E-state index in [0.717, 1.165) is 26.6 Å². The molecule has 0 unspecified atom stereocenters. The summed E-state index contributed by atoms with van der Waals surface area (Å²) in [5.41, 5.74) is 5.12. The fraction of sp³-hybridized carbons (Fsp3) is 0.276. The molecule has 1 aromatic heterocycles. The number of aryl methyl sites for hydroxylation is 2. The largest absolute Gasteiger partial charge is 0.324 e. The van der Waals surface area contributed by atoms with Crippen molar-refractivity contribution in [3.8, 4) is 0 Å². The highest BCUT2D eigenvalue weighted by atomic mass is 32.1. The summed E-state index contributed by atoms with van der Waals surface area (Å²) in [5, 5.41) is 3.68. The SMILES string of the molecule is Cc1cc(C)c2sc(N(Cc3ccccc3)C(=O)C3CCN(C(=O)Nc4ccccc4)CC3)nc2c1. The lowest BCUT2D eigenvalue weighted by Gasteiger charge is -2.33. The predicted octanol–water partition coefficient (Wildman–Crippen LogP) is 6.39. The first-order valence-corrected chi connectivity index (χ1v) is 13.1. The van der Waals surface area contributed by atoms with E-state index in [4.69, 9.17) is 4.98 Å². The number of benzene rings is 3. The maximum atomic E-state index is 13.9. The predicted molar refractivity (Wildman–Crippen MR) is 146 cm³/mol. The second kappa shape index (κ2) is 10.5. The third-order valence-corrected chi connectivity index (χ3v) is 7.88. The molecule has 36 heavy (non-hydrogen) atoms. The fourth-order valence-electron chi connectivity index (χ4n) is 4.76. The number of hydrogen-bond donors (Lipinski definition) is 1. The normalized spacial score (nSPS) is 14.1. The number of carbonyl (C=O) groups excluding carboxylic acids is 2. The van der Waals surface area contributed by atoms with Crippen LogP contribution in [0.2, 0.25) is 0 Å². The summed E-state index contributed by atoms with van der Waals surface area (Å²) >= 11 is 1.58. The Hall–Kier alpha value is -3.71. The van der Waals surface area contributed by atoms with Gasteiger partial charge in [0, 0.05) is 24.7 Å². The number of aromatic nitrogens is 1. The number of hydrogen-bond acceptors (Lipinski definition) is 4. The first-order valence-electron chi connectivity index (χ1n) is 12.3. The van der Waals surface area contributed by atoms with E-state index >= 15 is 0 Å². The zero-order chi connectivity index (χ0) is 25.1. The number of rotatable bonds is 5. The van der Waals surface area contributed by atoms with Crippen LogP contribution in [-0.4, -0.2) is 34.9 Å². The van der Waals surface area contributed by atoms with Gasteiger partial charge in [0.1, 0.15) is 0 Å². The Morgan fingerprint density at radius 2 is 1.67 bits per heavy atom. The molecule has 0 spiro atoms. The molecule has 7 heteroatoms. The van der Waals surface area contributed by atoms with Crippen LogP contribution in [0.1, 0.15) is 29.5 Å². The third-order valence-electron chi connectivity index (χ3n) is 6.65. The number of nitrogens with one attached hydrogen (secondary N) is 1. The molecule has 1 N–H and O–H groups in total. The molecule has 0 atom stereocenters. The minimum absolute atomic E-state index is 0.0791. The van der Waals surface area contributed by atoms with Crippen LogP contribution in [0.25, 0.3) is 10.2 Å². The second-order valence-corrected chi connectivity index (χ2v) is 10.4. The summed E-state index contributed by atoms with van der Waals surface area (Å²) in [5.74, 6) is -0.0697. The van der Waals surface area contributed by atoms with Crippen molar-refractivity contribution < 1.29 is 9.59 Å². The van der Waals surface area contributed by atoms with Gasteiger partial charge in [0.15, 0.2) is 5.13 Å². The number of piperidine rings is 1.